The van der Waals surface area contributed by atoms with E-state index in [0.717, 1.165) is 19.2 Å². The molecule has 1 heterocycles. The van der Waals surface area contributed by atoms with Crippen LogP contribution in [0.2, 0.25) is 0 Å². The number of hydrogen-bond acceptors (Lipinski definition) is 7. The lowest BCUT2D eigenvalue weighted by Crippen LogP contribution is -2.44. The van der Waals surface area contributed by atoms with Gasteiger partial charge in [-0.05, 0) is 18.2 Å². The van der Waals surface area contributed by atoms with Crippen molar-refractivity contribution < 1.29 is 46.5 Å². The number of methoxy groups -OCH3 is 1. The lowest BCUT2D eigenvalue weighted by molar-refractivity contribution is -0.204. The maximum atomic E-state index is 12.9. The molecule has 1 aromatic rings. The Morgan fingerprint density at radius 2 is 2.00 bits per heavy atom. The van der Waals surface area contributed by atoms with Crippen molar-refractivity contribution in [2.24, 2.45) is 0 Å². The van der Waals surface area contributed by atoms with Gasteiger partial charge >= 0.3 is 18.1 Å². The molecule has 0 aromatic heterocycles. The molecule has 3 unspecified atom stereocenters. The molecule has 1 saturated heterocycles. The van der Waals surface area contributed by atoms with E-state index in [1.165, 1.54) is 6.92 Å². The summed E-state index contributed by atoms with van der Waals surface area (Å²) < 4.78 is 59.3. The molecule has 11 heteroatoms. The minimum atomic E-state index is -4.62. The van der Waals surface area contributed by atoms with Gasteiger partial charge in [-0.2, -0.15) is 13.2 Å². The maximum Gasteiger partial charge on any atom is 0.416 e. The van der Waals surface area contributed by atoms with Crippen molar-refractivity contribution in [3.63, 3.8) is 0 Å². The zero-order valence-electron chi connectivity index (χ0n) is 14.9. The molecule has 1 aliphatic heterocycles. The van der Waals surface area contributed by atoms with Crippen LogP contribution in [-0.4, -0.2) is 44.0 Å². The van der Waals surface area contributed by atoms with Crippen molar-refractivity contribution in [1.82, 2.24) is 0 Å². The predicted octanol–water partition coefficient (Wildman–Crippen LogP) is 2.26. The van der Waals surface area contributed by atoms with Gasteiger partial charge in [-0.15, -0.1) is 0 Å². The van der Waals surface area contributed by atoms with Crippen molar-refractivity contribution in [2.45, 2.75) is 44.4 Å². The maximum absolute atomic E-state index is 12.9. The van der Waals surface area contributed by atoms with Crippen LogP contribution >= 0.6 is 0 Å². The van der Waals surface area contributed by atoms with E-state index in [9.17, 15) is 27.6 Å². The molecule has 154 valence electrons. The highest BCUT2D eigenvalue weighted by Gasteiger charge is 2.38. The number of hydrogen-bond donors (Lipinski definition) is 1. The van der Waals surface area contributed by atoms with Crippen LogP contribution in [0.25, 0.3) is 0 Å². The van der Waals surface area contributed by atoms with Gasteiger partial charge < -0.3 is 24.3 Å². The van der Waals surface area contributed by atoms with Gasteiger partial charge in [0.1, 0.15) is 11.9 Å². The molecule has 1 aromatic carbocycles. The average Bonchev–Trinajstić information content (AvgIpc) is 2.61. The summed E-state index contributed by atoms with van der Waals surface area (Å²) in [4.78, 5) is 33.7. The molecule has 0 saturated carbocycles. The zero-order valence-corrected chi connectivity index (χ0v) is 14.9. The largest absolute Gasteiger partial charge is 0.467 e. The van der Waals surface area contributed by atoms with Crippen molar-refractivity contribution in [3.05, 3.63) is 23.8 Å². The van der Waals surface area contributed by atoms with Gasteiger partial charge in [0.05, 0.1) is 18.4 Å². The Morgan fingerprint density at radius 3 is 2.57 bits per heavy atom. The summed E-state index contributed by atoms with van der Waals surface area (Å²) in [5.41, 5.74) is -1.23. The first-order valence-electron chi connectivity index (χ1n) is 8.12. The standard InChI is InChI=1S/C17H18F3NO7/c1-9(23)26-11-6-14(16(24)25-2)28-15(7-11)27-13-4-3-10(17(18,19)20)5-12(13)21-8-22/h3-5,8,11,14-15H,6-7H2,1-2H3,(H,21,22). The van der Waals surface area contributed by atoms with Crippen molar-refractivity contribution in [3.8, 4) is 5.75 Å². The summed E-state index contributed by atoms with van der Waals surface area (Å²) in [6.45, 7) is 1.19. The van der Waals surface area contributed by atoms with E-state index in [1.807, 2.05) is 0 Å². The van der Waals surface area contributed by atoms with Crippen LogP contribution < -0.4 is 10.1 Å². The third-order valence-electron chi connectivity index (χ3n) is 3.82. The third-order valence-corrected chi connectivity index (χ3v) is 3.82. The van der Waals surface area contributed by atoms with E-state index in [0.29, 0.717) is 6.07 Å². The van der Waals surface area contributed by atoms with Gasteiger partial charge in [-0.3, -0.25) is 9.59 Å². The number of ether oxygens (including phenoxy) is 4. The first-order valence-corrected chi connectivity index (χ1v) is 8.12. The highest BCUT2D eigenvalue weighted by atomic mass is 19.4. The summed E-state index contributed by atoms with van der Waals surface area (Å²) in [6.07, 6.45) is -7.31. The molecular formula is C17H18F3NO7. The smallest absolute Gasteiger partial charge is 0.416 e. The second kappa shape index (κ2) is 8.91. The summed E-state index contributed by atoms with van der Waals surface area (Å²) in [6, 6.07) is 2.49. The number of carbonyl (C=O) groups is 3. The lowest BCUT2D eigenvalue weighted by Gasteiger charge is -2.33. The van der Waals surface area contributed by atoms with Crippen molar-refractivity contribution >= 4 is 24.0 Å². The molecule has 1 N–H and O–H groups in total. The van der Waals surface area contributed by atoms with Crippen LogP contribution in [0.3, 0.4) is 0 Å². The number of benzene rings is 1. The number of alkyl halides is 3. The number of rotatable bonds is 6. The highest BCUT2D eigenvalue weighted by Crippen LogP contribution is 2.36. The second-order valence-electron chi connectivity index (χ2n) is 5.87. The Morgan fingerprint density at radius 1 is 1.29 bits per heavy atom. The fourth-order valence-corrected chi connectivity index (χ4v) is 2.66. The SMILES string of the molecule is COC(=O)C1CC(OC(C)=O)CC(Oc2ccc(C(F)(F)F)cc2NC=O)O1. The van der Waals surface area contributed by atoms with Crippen molar-refractivity contribution in [2.75, 3.05) is 12.4 Å². The summed E-state index contributed by atoms with van der Waals surface area (Å²) >= 11 is 0. The third kappa shape index (κ3) is 5.59. The summed E-state index contributed by atoms with van der Waals surface area (Å²) in [5.74, 6) is -1.41. The molecule has 0 aliphatic carbocycles. The van der Waals surface area contributed by atoms with Crippen LogP contribution in [0, 0.1) is 0 Å². The van der Waals surface area contributed by atoms with Gasteiger partial charge in [0.25, 0.3) is 0 Å². The molecule has 3 atom stereocenters. The van der Waals surface area contributed by atoms with E-state index in [-0.39, 0.29) is 30.7 Å². The molecule has 1 fully saturated rings. The molecule has 0 bridgehead atoms. The number of carbonyl (C=O) groups excluding carboxylic acids is 3. The normalized spacial score (nSPS) is 22.1. The van der Waals surface area contributed by atoms with Crippen LogP contribution in [0.5, 0.6) is 5.75 Å². The van der Waals surface area contributed by atoms with Gasteiger partial charge in [-0.25, -0.2) is 4.79 Å². The fourth-order valence-electron chi connectivity index (χ4n) is 2.66. The topological polar surface area (TPSA) is 100 Å². The van der Waals surface area contributed by atoms with E-state index >= 15 is 0 Å². The monoisotopic (exact) mass is 405 g/mol. The van der Waals surface area contributed by atoms with E-state index < -0.39 is 42.2 Å². The van der Waals surface area contributed by atoms with Crippen LogP contribution in [-0.2, 0) is 34.8 Å². The Kier molecular flexibility index (Phi) is 6.84. The number of nitrogens with one attached hydrogen (secondary N) is 1. The molecule has 1 aliphatic rings. The number of anilines is 1. The lowest BCUT2D eigenvalue weighted by atomic mass is 10.0. The molecule has 8 nitrogen and oxygen atoms in total. The molecule has 2 rings (SSSR count). The van der Waals surface area contributed by atoms with Gasteiger partial charge in [0.15, 0.2) is 6.10 Å². The second-order valence-corrected chi connectivity index (χ2v) is 5.87. The van der Waals surface area contributed by atoms with E-state index in [4.69, 9.17) is 14.2 Å². The van der Waals surface area contributed by atoms with Gasteiger partial charge in [0.2, 0.25) is 12.7 Å². The Balaban J connectivity index is 2.24. The Bertz CT molecular complexity index is 738. The van der Waals surface area contributed by atoms with E-state index in [1.54, 1.807) is 0 Å². The van der Waals surface area contributed by atoms with Gasteiger partial charge in [-0.1, -0.05) is 0 Å². The summed E-state index contributed by atoms with van der Waals surface area (Å²) in [7, 11) is 1.15. The minimum absolute atomic E-state index is 0.0224. The zero-order chi connectivity index (χ0) is 20.9. The minimum Gasteiger partial charge on any atom is -0.467 e. The van der Waals surface area contributed by atoms with Crippen LogP contribution in [0.15, 0.2) is 18.2 Å². The van der Waals surface area contributed by atoms with Crippen LogP contribution in [0.1, 0.15) is 25.3 Å². The van der Waals surface area contributed by atoms with Gasteiger partial charge in [0, 0.05) is 19.8 Å². The Hall–Kier alpha value is -2.82. The molecule has 0 spiro atoms. The number of esters is 2. The summed E-state index contributed by atoms with van der Waals surface area (Å²) in [5, 5.41) is 2.13. The fraction of sp³-hybridized carbons (Fsp3) is 0.471. The molecule has 1 amide bonds. The van der Waals surface area contributed by atoms with E-state index in [2.05, 4.69) is 10.1 Å². The quantitative estimate of drug-likeness (QED) is 0.572. The molecular weight excluding hydrogens is 387 g/mol. The Labute approximate surface area is 157 Å². The molecule has 0 radical (unpaired) electrons. The number of halogens is 3. The number of amides is 1. The van der Waals surface area contributed by atoms with Crippen molar-refractivity contribution in [1.29, 1.82) is 0 Å². The first kappa shape index (κ1) is 21.5. The highest BCUT2D eigenvalue weighted by molar-refractivity contribution is 5.76. The first-order chi connectivity index (χ1) is 13.1. The predicted molar refractivity (Wildman–Crippen MR) is 87.2 cm³/mol. The van der Waals surface area contributed by atoms with Crippen LogP contribution in [0.4, 0.5) is 18.9 Å². The average molecular weight is 405 g/mol. The molecule has 28 heavy (non-hydrogen) atoms.